The Morgan fingerprint density at radius 2 is 2.15 bits per heavy atom. The van der Waals surface area contributed by atoms with Gasteiger partial charge in [0.15, 0.2) is 0 Å². The van der Waals surface area contributed by atoms with Crippen LogP contribution < -0.4 is 10.0 Å². The van der Waals surface area contributed by atoms with Crippen molar-refractivity contribution in [2.24, 2.45) is 7.05 Å². The number of rotatable bonds is 7. The van der Waals surface area contributed by atoms with E-state index in [4.69, 9.17) is 0 Å². The van der Waals surface area contributed by atoms with Crippen LogP contribution in [0.25, 0.3) is 0 Å². The highest BCUT2D eigenvalue weighted by molar-refractivity contribution is 7.91. The lowest BCUT2D eigenvalue weighted by Gasteiger charge is -2.03. The van der Waals surface area contributed by atoms with E-state index in [-0.39, 0.29) is 0 Å². The molecule has 2 heterocycles. The molecule has 110 valence electrons. The van der Waals surface area contributed by atoms with E-state index in [1.165, 1.54) is 11.3 Å². The number of thiophene rings is 1. The summed E-state index contributed by atoms with van der Waals surface area (Å²) < 4.78 is 28.9. The average molecular weight is 314 g/mol. The SMILES string of the molecule is CNCc1ccc(S(=O)(=O)NCCc2ccn(C)n2)s1. The molecule has 0 saturated carbocycles. The molecule has 2 aromatic heterocycles. The largest absolute Gasteiger partial charge is 0.315 e. The summed E-state index contributed by atoms with van der Waals surface area (Å²) in [5.41, 5.74) is 0.872. The van der Waals surface area contributed by atoms with E-state index in [0.717, 1.165) is 10.6 Å². The highest BCUT2D eigenvalue weighted by Crippen LogP contribution is 2.21. The van der Waals surface area contributed by atoms with Crippen molar-refractivity contribution in [3.63, 3.8) is 0 Å². The van der Waals surface area contributed by atoms with Crippen LogP contribution in [0.3, 0.4) is 0 Å². The van der Waals surface area contributed by atoms with Gasteiger partial charge in [0.1, 0.15) is 4.21 Å². The first-order chi connectivity index (χ1) is 9.51. The predicted molar refractivity (Wildman–Crippen MR) is 79.2 cm³/mol. The molecule has 6 nitrogen and oxygen atoms in total. The van der Waals surface area contributed by atoms with Gasteiger partial charge in [-0.15, -0.1) is 11.3 Å². The van der Waals surface area contributed by atoms with Crippen molar-refractivity contribution in [1.29, 1.82) is 0 Å². The zero-order valence-electron chi connectivity index (χ0n) is 11.5. The first-order valence-corrected chi connectivity index (χ1v) is 8.53. The molecule has 2 N–H and O–H groups in total. The molecule has 0 aliphatic rings. The van der Waals surface area contributed by atoms with Gasteiger partial charge in [-0.05, 0) is 25.2 Å². The number of nitrogens with one attached hydrogen (secondary N) is 2. The van der Waals surface area contributed by atoms with Gasteiger partial charge in [0, 0.05) is 37.6 Å². The minimum atomic E-state index is -3.41. The van der Waals surface area contributed by atoms with Crippen LogP contribution in [0, 0.1) is 0 Å². The normalized spacial score (nSPS) is 11.9. The molecule has 8 heteroatoms. The Morgan fingerprint density at radius 1 is 1.35 bits per heavy atom. The summed E-state index contributed by atoms with van der Waals surface area (Å²) in [5.74, 6) is 0. The van der Waals surface area contributed by atoms with E-state index in [2.05, 4.69) is 15.1 Å². The minimum Gasteiger partial charge on any atom is -0.315 e. The topological polar surface area (TPSA) is 76.0 Å². The zero-order chi connectivity index (χ0) is 14.6. The Labute approximate surface area is 122 Å². The Bertz CT molecular complexity index is 661. The maximum absolute atomic E-state index is 12.1. The average Bonchev–Trinajstić information content (AvgIpc) is 2.99. The van der Waals surface area contributed by atoms with Crippen molar-refractivity contribution in [2.45, 2.75) is 17.2 Å². The van der Waals surface area contributed by atoms with Crippen molar-refractivity contribution in [2.75, 3.05) is 13.6 Å². The van der Waals surface area contributed by atoms with E-state index in [0.29, 0.717) is 23.7 Å². The molecule has 0 unspecified atom stereocenters. The molecule has 0 aromatic carbocycles. The first kappa shape index (κ1) is 15.2. The van der Waals surface area contributed by atoms with E-state index < -0.39 is 10.0 Å². The molecule has 2 rings (SSSR count). The maximum Gasteiger partial charge on any atom is 0.250 e. The Balaban J connectivity index is 1.92. The summed E-state index contributed by atoms with van der Waals surface area (Å²) >= 11 is 1.28. The van der Waals surface area contributed by atoms with Gasteiger partial charge in [-0.1, -0.05) is 0 Å². The molecule has 0 radical (unpaired) electrons. The van der Waals surface area contributed by atoms with Gasteiger partial charge in [0.2, 0.25) is 10.0 Å². The number of sulfonamides is 1. The molecule has 0 amide bonds. The number of aryl methyl sites for hydroxylation is 1. The van der Waals surface area contributed by atoms with Gasteiger partial charge in [0.25, 0.3) is 0 Å². The van der Waals surface area contributed by atoms with Crippen LogP contribution in [0.1, 0.15) is 10.6 Å². The van der Waals surface area contributed by atoms with Crippen molar-refractivity contribution >= 4 is 21.4 Å². The Hall–Kier alpha value is -1.22. The first-order valence-electron chi connectivity index (χ1n) is 6.23. The van der Waals surface area contributed by atoms with Gasteiger partial charge in [-0.2, -0.15) is 5.10 Å². The van der Waals surface area contributed by atoms with Crippen LogP contribution in [0.4, 0.5) is 0 Å². The summed E-state index contributed by atoms with van der Waals surface area (Å²) in [5, 5.41) is 7.21. The summed E-state index contributed by atoms with van der Waals surface area (Å²) in [6, 6.07) is 5.35. The molecule has 0 aliphatic carbocycles. The van der Waals surface area contributed by atoms with Crippen LogP contribution in [-0.4, -0.2) is 31.8 Å². The fourth-order valence-corrected chi connectivity index (χ4v) is 4.20. The van der Waals surface area contributed by atoms with Crippen LogP contribution in [0.15, 0.2) is 28.6 Å². The second kappa shape index (κ2) is 6.49. The van der Waals surface area contributed by atoms with Crippen molar-refractivity contribution in [3.05, 3.63) is 35.0 Å². The van der Waals surface area contributed by atoms with Crippen LogP contribution in [0.2, 0.25) is 0 Å². The van der Waals surface area contributed by atoms with Gasteiger partial charge in [-0.25, -0.2) is 13.1 Å². The van der Waals surface area contributed by atoms with Crippen LogP contribution in [-0.2, 0) is 30.0 Å². The van der Waals surface area contributed by atoms with Gasteiger partial charge < -0.3 is 5.32 Å². The number of nitrogens with zero attached hydrogens (tertiary/aromatic N) is 2. The maximum atomic E-state index is 12.1. The number of aromatic nitrogens is 2. The van der Waals surface area contributed by atoms with E-state index in [9.17, 15) is 8.42 Å². The molecule has 0 bridgehead atoms. The second-order valence-corrected chi connectivity index (χ2v) is 7.54. The third-order valence-electron chi connectivity index (χ3n) is 2.69. The fourth-order valence-electron chi connectivity index (χ4n) is 1.75. The Morgan fingerprint density at radius 3 is 2.80 bits per heavy atom. The molecule has 0 aliphatic heterocycles. The monoisotopic (exact) mass is 314 g/mol. The zero-order valence-corrected chi connectivity index (χ0v) is 13.1. The lowest BCUT2D eigenvalue weighted by molar-refractivity contribution is 0.583. The van der Waals surface area contributed by atoms with E-state index in [1.54, 1.807) is 10.7 Å². The van der Waals surface area contributed by atoms with Gasteiger partial charge >= 0.3 is 0 Å². The molecular formula is C12H18N4O2S2. The standard InChI is InChI=1S/C12H18N4O2S2/c1-13-9-11-3-4-12(19-11)20(17,18)14-7-5-10-6-8-16(2)15-10/h3-4,6,8,13-14H,5,7,9H2,1-2H3. The molecule has 0 saturated heterocycles. The van der Waals surface area contributed by atoms with E-state index in [1.807, 2.05) is 32.4 Å². The van der Waals surface area contributed by atoms with Gasteiger partial charge in [0.05, 0.1) is 5.69 Å². The molecular weight excluding hydrogens is 296 g/mol. The summed E-state index contributed by atoms with van der Waals surface area (Å²) in [4.78, 5) is 0.998. The summed E-state index contributed by atoms with van der Waals surface area (Å²) in [6.45, 7) is 1.02. The quantitative estimate of drug-likeness (QED) is 0.790. The molecule has 0 atom stereocenters. The van der Waals surface area contributed by atoms with Crippen LogP contribution in [0.5, 0.6) is 0 Å². The summed E-state index contributed by atoms with van der Waals surface area (Å²) in [7, 11) is 0.253. The minimum absolute atomic E-state index is 0.346. The number of hydrogen-bond donors (Lipinski definition) is 2. The van der Waals surface area contributed by atoms with E-state index >= 15 is 0 Å². The van der Waals surface area contributed by atoms with Crippen molar-refractivity contribution in [3.8, 4) is 0 Å². The molecule has 2 aromatic rings. The highest BCUT2D eigenvalue weighted by Gasteiger charge is 2.16. The number of hydrogen-bond acceptors (Lipinski definition) is 5. The smallest absolute Gasteiger partial charge is 0.250 e. The second-order valence-electron chi connectivity index (χ2n) is 4.38. The Kier molecular flexibility index (Phi) is 4.92. The third kappa shape index (κ3) is 3.89. The molecule has 0 spiro atoms. The predicted octanol–water partition coefficient (Wildman–Crippen LogP) is 0.722. The van der Waals surface area contributed by atoms with Crippen molar-refractivity contribution < 1.29 is 8.42 Å². The highest BCUT2D eigenvalue weighted by atomic mass is 32.2. The summed E-state index contributed by atoms with van der Waals surface area (Å²) in [6.07, 6.45) is 2.42. The lowest BCUT2D eigenvalue weighted by atomic mass is 10.3. The lowest BCUT2D eigenvalue weighted by Crippen LogP contribution is -2.25. The van der Waals surface area contributed by atoms with Crippen molar-refractivity contribution in [1.82, 2.24) is 19.8 Å². The molecule has 0 fully saturated rings. The molecule has 20 heavy (non-hydrogen) atoms. The third-order valence-corrected chi connectivity index (χ3v) is 5.73. The fraction of sp³-hybridized carbons (Fsp3) is 0.417. The van der Waals surface area contributed by atoms with Crippen LogP contribution >= 0.6 is 11.3 Å². The van der Waals surface area contributed by atoms with Gasteiger partial charge in [-0.3, -0.25) is 4.68 Å².